The van der Waals surface area contributed by atoms with Crippen LogP contribution in [0.1, 0.15) is 34.9 Å². The molecule has 1 heterocycles. The minimum absolute atomic E-state index is 0.246. The topological polar surface area (TPSA) is 12.0 Å². The number of hydrogen-bond donors (Lipinski definition) is 1. The zero-order valence-corrected chi connectivity index (χ0v) is 8.39. The Labute approximate surface area is 88.7 Å². The van der Waals surface area contributed by atoms with E-state index in [0.717, 1.165) is 19.5 Å². The average Bonchev–Trinajstić information content (AvgIpc) is 2.50. The van der Waals surface area contributed by atoms with E-state index in [9.17, 15) is 4.39 Å². The van der Waals surface area contributed by atoms with Crippen molar-refractivity contribution >= 4 is 0 Å². The number of nitrogens with one attached hydrogen (secondary N) is 1. The number of fused-ring (bicyclic) bond motifs is 5. The molecule has 1 nitrogen and oxygen atoms in total. The van der Waals surface area contributed by atoms with Gasteiger partial charge >= 0.3 is 0 Å². The molecule has 0 aromatic heterocycles. The maximum Gasteiger partial charge on any atom is 0.139 e. The van der Waals surface area contributed by atoms with E-state index in [1.807, 2.05) is 6.07 Å². The van der Waals surface area contributed by atoms with Gasteiger partial charge in [-0.15, -0.1) is 6.42 Å². The van der Waals surface area contributed by atoms with Gasteiger partial charge in [-0.05, 0) is 41.5 Å². The maximum atomic E-state index is 13.5. The summed E-state index contributed by atoms with van der Waals surface area (Å²) in [5.74, 6) is 3.18. The Bertz CT molecular complexity index is 458. The Hall–Kier alpha value is -1.33. The summed E-state index contributed by atoms with van der Waals surface area (Å²) in [5, 5.41) is 3.38. The summed E-state index contributed by atoms with van der Waals surface area (Å²) in [7, 11) is 0. The molecule has 0 spiro atoms. The second-order valence-electron chi connectivity index (χ2n) is 4.39. The molecule has 76 valence electrons. The molecular weight excluding hydrogens is 189 g/mol. The molecule has 3 rings (SSSR count). The molecule has 1 saturated heterocycles. The van der Waals surface area contributed by atoms with Gasteiger partial charge in [-0.1, -0.05) is 5.92 Å². The van der Waals surface area contributed by atoms with Crippen molar-refractivity contribution < 1.29 is 4.39 Å². The Kier molecular flexibility index (Phi) is 1.83. The van der Waals surface area contributed by atoms with Gasteiger partial charge < -0.3 is 5.32 Å². The Balaban J connectivity index is 2.18. The number of hydrogen-bond acceptors (Lipinski definition) is 1. The first-order valence-corrected chi connectivity index (χ1v) is 5.30. The highest BCUT2D eigenvalue weighted by molar-refractivity contribution is 5.47. The van der Waals surface area contributed by atoms with Crippen molar-refractivity contribution in [3.8, 4) is 12.3 Å². The number of halogens is 1. The predicted molar refractivity (Wildman–Crippen MR) is 57.3 cm³/mol. The van der Waals surface area contributed by atoms with Crippen LogP contribution in [0.3, 0.4) is 0 Å². The average molecular weight is 201 g/mol. The molecule has 0 radical (unpaired) electrons. The van der Waals surface area contributed by atoms with E-state index in [4.69, 9.17) is 6.42 Å². The number of piperidine rings is 1. The Morgan fingerprint density at radius 1 is 1.27 bits per heavy atom. The quantitative estimate of drug-likeness (QED) is 0.633. The minimum Gasteiger partial charge on any atom is -0.316 e. The van der Waals surface area contributed by atoms with E-state index >= 15 is 0 Å². The van der Waals surface area contributed by atoms with E-state index in [1.165, 1.54) is 11.1 Å². The van der Waals surface area contributed by atoms with Crippen molar-refractivity contribution in [3.63, 3.8) is 0 Å². The molecule has 1 N–H and O–H groups in total. The van der Waals surface area contributed by atoms with Crippen LogP contribution in [0.15, 0.2) is 12.1 Å². The van der Waals surface area contributed by atoms with Crippen molar-refractivity contribution in [1.29, 1.82) is 0 Å². The molecule has 2 atom stereocenters. The lowest BCUT2D eigenvalue weighted by Crippen LogP contribution is -2.28. The van der Waals surface area contributed by atoms with Crippen molar-refractivity contribution in [3.05, 3.63) is 34.6 Å². The second-order valence-corrected chi connectivity index (χ2v) is 4.39. The van der Waals surface area contributed by atoms with Crippen LogP contribution in [0.4, 0.5) is 4.39 Å². The number of benzene rings is 1. The summed E-state index contributed by atoms with van der Waals surface area (Å²) in [6.45, 7) is 1.97. The van der Waals surface area contributed by atoms with Gasteiger partial charge in [0, 0.05) is 13.1 Å². The lowest BCUT2D eigenvalue weighted by Gasteiger charge is -2.19. The van der Waals surface area contributed by atoms with E-state index in [2.05, 4.69) is 11.2 Å². The van der Waals surface area contributed by atoms with Crippen LogP contribution in [-0.2, 0) is 0 Å². The summed E-state index contributed by atoms with van der Waals surface area (Å²) in [6, 6.07) is 3.50. The summed E-state index contributed by atoms with van der Waals surface area (Å²) in [4.78, 5) is 0. The smallest absolute Gasteiger partial charge is 0.139 e. The van der Waals surface area contributed by atoms with Gasteiger partial charge in [0.1, 0.15) is 5.82 Å². The van der Waals surface area contributed by atoms with Crippen LogP contribution >= 0.6 is 0 Å². The third-order valence-corrected chi connectivity index (χ3v) is 3.56. The van der Waals surface area contributed by atoms with E-state index in [1.54, 1.807) is 6.07 Å². The first-order valence-electron chi connectivity index (χ1n) is 5.30. The third-order valence-electron chi connectivity index (χ3n) is 3.56. The van der Waals surface area contributed by atoms with Gasteiger partial charge in [0.25, 0.3) is 0 Å². The normalized spacial score (nSPS) is 27.2. The zero-order valence-electron chi connectivity index (χ0n) is 8.39. The van der Waals surface area contributed by atoms with Gasteiger partial charge in [-0.2, -0.15) is 0 Å². The van der Waals surface area contributed by atoms with Gasteiger partial charge in [0.05, 0.1) is 5.56 Å². The highest BCUT2D eigenvalue weighted by Gasteiger charge is 2.34. The largest absolute Gasteiger partial charge is 0.316 e. The number of terminal acetylenes is 1. The second kappa shape index (κ2) is 3.08. The van der Waals surface area contributed by atoms with Gasteiger partial charge in [-0.3, -0.25) is 0 Å². The Morgan fingerprint density at radius 3 is 2.60 bits per heavy atom. The van der Waals surface area contributed by atoms with Crippen LogP contribution in [0.5, 0.6) is 0 Å². The molecule has 1 aromatic carbocycles. The summed E-state index contributed by atoms with van der Waals surface area (Å²) < 4.78 is 13.5. The van der Waals surface area contributed by atoms with Crippen molar-refractivity contribution in [2.24, 2.45) is 0 Å². The highest BCUT2D eigenvalue weighted by Crippen LogP contribution is 2.44. The fourth-order valence-corrected chi connectivity index (χ4v) is 2.84. The SMILES string of the molecule is C#Cc1cc2c(cc1F)C1CNCC2C1. The van der Waals surface area contributed by atoms with Crippen LogP contribution < -0.4 is 5.32 Å². The van der Waals surface area contributed by atoms with Gasteiger partial charge in [0.15, 0.2) is 0 Å². The highest BCUT2D eigenvalue weighted by atomic mass is 19.1. The van der Waals surface area contributed by atoms with E-state index in [-0.39, 0.29) is 5.82 Å². The fourth-order valence-electron chi connectivity index (χ4n) is 2.84. The van der Waals surface area contributed by atoms with E-state index in [0.29, 0.717) is 17.4 Å². The molecule has 2 bridgehead atoms. The fraction of sp³-hybridized carbons (Fsp3) is 0.385. The monoisotopic (exact) mass is 201 g/mol. The molecule has 1 fully saturated rings. The lowest BCUT2D eigenvalue weighted by atomic mass is 9.98. The summed E-state index contributed by atoms with van der Waals surface area (Å²) in [6.07, 6.45) is 6.42. The van der Waals surface area contributed by atoms with Crippen molar-refractivity contribution in [1.82, 2.24) is 5.32 Å². The summed E-state index contributed by atoms with van der Waals surface area (Å²) in [5.41, 5.74) is 2.84. The van der Waals surface area contributed by atoms with Crippen molar-refractivity contribution in [2.75, 3.05) is 13.1 Å². The molecule has 1 aromatic rings. The molecule has 2 aliphatic rings. The zero-order chi connectivity index (χ0) is 10.4. The third kappa shape index (κ3) is 1.20. The maximum absolute atomic E-state index is 13.5. The molecule has 2 unspecified atom stereocenters. The molecule has 1 aliphatic carbocycles. The minimum atomic E-state index is -0.246. The van der Waals surface area contributed by atoms with E-state index < -0.39 is 0 Å². The molecule has 0 saturated carbocycles. The van der Waals surface area contributed by atoms with Gasteiger partial charge in [-0.25, -0.2) is 4.39 Å². The predicted octanol–water partition coefficient (Wildman–Crippen LogP) is 1.98. The summed E-state index contributed by atoms with van der Waals surface area (Å²) >= 11 is 0. The Morgan fingerprint density at radius 2 is 1.93 bits per heavy atom. The molecule has 0 amide bonds. The van der Waals surface area contributed by atoms with Crippen LogP contribution in [-0.4, -0.2) is 13.1 Å². The molecule has 2 heteroatoms. The first kappa shape index (κ1) is 8.94. The lowest BCUT2D eigenvalue weighted by molar-refractivity contribution is 0.453. The molecular formula is C13H12FN. The van der Waals surface area contributed by atoms with Crippen LogP contribution in [0, 0.1) is 18.2 Å². The number of rotatable bonds is 0. The van der Waals surface area contributed by atoms with Crippen LogP contribution in [0.2, 0.25) is 0 Å². The van der Waals surface area contributed by atoms with Crippen molar-refractivity contribution in [2.45, 2.75) is 18.3 Å². The molecule has 15 heavy (non-hydrogen) atoms. The first-order chi connectivity index (χ1) is 7.29. The van der Waals surface area contributed by atoms with Crippen LogP contribution in [0.25, 0.3) is 0 Å². The molecule has 1 aliphatic heterocycles. The standard InChI is InChI=1S/C13H12FN/c1-2-8-4-11-9-3-10(7-15-6-9)12(11)5-13(8)14/h1,4-5,9-10,15H,3,6-7H2. The van der Waals surface area contributed by atoms with Gasteiger partial charge in [0.2, 0.25) is 0 Å².